The summed E-state index contributed by atoms with van der Waals surface area (Å²) in [5.74, 6) is 0.567. The number of carbonyl (C=O) groups excluding carboxylic acids is 1. The second kappa shape index (κ2) is 8.16. The normalized spacial score (nSPS) is 12.2. The zero-order chi connectivity index (χ0) is 13.4. The number of benzene rings is 1. The molecule has 0 bridgehead atoms. The molecule has 4 heteroatoms. The van der Waals surface area contributed by atoms with Gasteiger partial charge >= 0.3 is 0 Å². The molecule has 18 heavy (non-hydrogen) atoms. The average molecular weight is 266 g/mol. The summed E-state index contributed by atoms with van der Waals surface area (Å²) in [5.41, 5.74) is 1.22. The fourth-order valence-electron chi connectivity index (χ4n) is 1.60. The minimum atomic E-state index is 0.0907. The third-order valence-corrected chi connectivity index (χ3v) is 3.79. The zero-order valence-electron chi connectivity index (χ0n) is 11.3. The number of carbonyl (C=O) groups is 1. The fourth-order valence-corrected chi connectivity index (χ4v) is 2.46. The number of hydrogen-bond acceptors (Lipinski definition) is 3. The van der Waals surface area contributed by atoms with Crippen molar-refractivity contribution in [2.75, 3.05) is 18.8 Å². The highest BCUT2D eigenvalue weighted by Gasteiger charge is 2.06. The third-order valence-electron chi connectivity index (χ3n) is 2.61. The van der Waals surface area contributed by atoms with E-state index in [1.54, 1.807) is 11.8 Å². The summed E-state index contributed by atoms with van der Waals surface area (Å²) in [6.07, 6.45) is 0. The maximum atomic E-state index is 11.7. The van der Waals surface area contributed by atoms with Gasteiger partial charge in [0.1, 0.15) is 0 Å². The Morgan fingerprint density at radius 1 is 1.39 bits per heavy atom. The van der Waals surface area contributed by atoms with E-state index in [2.05, 4.69) is 43.5 Å². The molecular weight excluding hydrogens is 244 g/mol. The molecule has 0 aliphatic carbocycles. The van der Waals surface area contributed by atoms with Crippen LogP contribution in [0, 0.1) is 6.92 Å². The Balaban J connectivity index is 2.27. The molecule has 0 saturated carbocycles. The van der Waals surface area contributed by atoms with E-state index in [4.69, 9.17) is 0 Å². The predicted octanol–water partition coefficient (Wildman–Crippen LogP) is 2.20. The van der Waals surface area contributed by atoms with E-state index in [0.717, 1.165) is 6.54 Å². The Morgan fingerprint density at radius 2 is 2.11 bits per heavy atom. The van der Waals surface area contributed by atoms with Gasteiger partial charge in [0, 0.05) is 17.5 Å². The quantitative estimate of drug-likeness (QED) is 0.743. The van der Waals surface area contributed by atoms with Crippen molar-refractivity contribution in [3.63, 3.8) is 0 Å². The highest BCUT2D eigenvalue weighted by Crippen LogP contribution is 2.21. The zero-order valence-corrected chi connectivity index (χ0v) is 12.1. The Morgan fingerprint density at radius 3 is 2.78 bits per heavy atom. The number of hydrogen-bond donors (Lipinski definition) is 2. The van der Waals surface area contributed by atoms with Crippen molar-refractivity contribution in [2.45, 2.75) is 31.7 Å². The average Bonchev–Trinajstić information content (AvgIpc) is 2.36. The van der Waals surface area contributed by atoms with E-state index in [1.165, 1.54) is 10.5 Å². The number of likely N-dealkylation sites (N-methyl/N-ethyl adjacent to an activating group) is 1. The van der Waals surface area contributed by atoms with Crippen molar-refractivity contribution in [1.82, 2.24) is 10.6 Å². The number of thioether (sulfide) groups is 1. The van der Waals surface area contributed by atoms with Crippen molar-refractivity contribution in [1.29, 1.82) is 0 Å². The second-order valence-corrected chi connectivity index (χ2v) is 5.33. The summed E-state index contributed by atoms with van der Waals surface area (Å²) < 4.78 is 0. The van der Waals surface area contributed by atoms with Gasteiger partial charge in [-0.3, -0.25) is 4.79 Å². The minimum Gasteiger partial charge on any atom is -0.354 e. The van der Waals surface area contributed by atoms with Gasteiger partial charge in [0.05, 0.1) is 5.75 Å². The molecule has 1 amide bonds. The molecule has 0 aliphatic rings. The van der Waals surface area contributed by atoms with Gasteiger partial charge in [-0.2, -0.15) is 0 Å². The summed E-state index contributed by atoms with van der Waals surface area (Å²) in [6, 6.07) is 8.45. The molecule has 0 radical (unpaired) electrons. The van der Waals surface area contributed by atoms with Crippen molar-refractivity contribution in [3.05, 3.63) is 29.8 Å². The Hall–Kier alpha value is -1.00. The first-order valence-electron chi connectivity index (χ1n) is 6.32. The molecular formula is C14H22N2OS. The molecule has 0 fully saturated rings. The van der Waals surface area contributed by atoms with Crippen LogP contribution < -0.4 is 10.6 Å². The SMILES string of the molecule is CCN[C@H](C)CNC(=O)CSc1ccccc1C. The van der Waals surface area contributed by atoms with E-state index in [9.17, 15) is 4.79 Å². The van der Waals surface area contributed by atoms with Gasteiger partial charge in [0.15, 0.2) is 0 Å². The highest BCUT2D eigenvalue weighted by molar-refractivity contribution is 8.00. The summed E-state index contributed by atoms with van der Waals surface area (Å²) in [7, 11) is 0. The number of amides is 1. The maximum absolute atomic E-state index is 11.7. The molecule has 3 nitrogen and oxygen atoms in total. The molecule has 0 aromatic heterocycles. The summed E-state index contributed by atoms with van der Waals surface area (Å²) in [6.45, 7) is 7.80. The third kappa shape index (κ3) is 5.56. The Kier molecular flexibility index (Phi) is 6.83. The predicted molar refractivity (Wildman–Crippen MR) is 78.1 cm³/mol. The largest absolute Gasteiger partial charge is 0.354 e. The smallest absolute Gasteiger partial charge is 0.230 e. The van der Waals surface area contributed by atoms with Gasteiger partial charge in [-0.05, 0) is 32.0 Å². The van der Waals surface area contributed by atoms with Gasteiger partial charge in [0.2, 0.25) is 5.91 Å². The van der Waals surface area contributed by atoms with Crippen LogP contribution in [0.2, 0.25) is 0 Å². The lowest BCUT2D eigenvalue weighted by Crippen LogP contribution is -2.39. The number of nitrogens with one attached hydrogen (secondary N) is 2. The number of rotatable bonds is 7. The standard InChI is InChI=1S/C14H22N2OS/c1-4-15-12(3)9-16-14(17)10-18-13-8-6-5-7-11(13)2/h5-8,12,15H,4,9-10H2,1-3H3,(H,16,17)/t12-/m1/s1. The lowest BCUT2D eigenvalue weighted by atomic mass is 10.2. The van der Waals surface area contributed by atoms with E-state index >= 15 is 0 Å². The van der Waals surface area contributed by atoms with E-state index in [1.807, 2.05) is 12.1 Å². The molecule has 0 heterocycles. The van der Waals surface area contributed by atoms with Crippen LogP contribution >= 0.6 is 11.8 Å². The van der Waals surface area contributed by atoms with Gasteiger partial charge in [-0.25, -0.2) is 0 Å². The van der Waals surface area contributed by atoms with Crippen LogP contribution in [0.5, 0.6) is 0 Å². The van der Waals surface area contributed by atoms with Crippen LogP contribution in [-0.2, 0) is 4.79 Å². The monoisotopic (exact) mass is 266 g/mol. The van der Waals surface area contributed by atoms with Gasteiger partial charge in [-0.15, -0.1) is 11.8 Å². The fraction of sp³-hybridized carbons (Fsp3) is 0.500. The maximum Gasteiger partial charge on any atom is 0.230 e. The molecule has 100 valence electrons. The first-order valence-corrected chi connectivity index (χ1v) is 7.30. The summed E-state index contributed by atoms with van der Waals surface area (Å²) >= 11 is 1.59. The van der Waals surface area contributed by atoms with Crippen molar-refractivity contribution >= 4 is 17.7 Å². The number of aryl methyl sites for hydroxylation is 1. The van der Waals surface area contributed by atoms with Crippen LogP contribution in [0.4, 0.5) is 0 Å². The van der Waals surface area contributed by atoms with Gasteiger partial charge < -0.3 is 10.6 Å². The molecule has 0 aliphatic heterocycles. The first kappa shape index (κ1) is 15.1. The second-order valence-electron chi connectivity index (χ2n) is 4.32. The molecule has 1 aromatic carbocycles. The van der Waals surface area contributed by atoms with E-state index < -0.39 is 0 Å². The first-order chi connectivity index (χ1) is 8.63. The lowest BCUT2D eigenvalue weighted by Gasteiger charge is -2.13. The van der Waals surface area contributed by atoms with E-state index in [-0.39, 0.29) is 5.91 Å². The molecule has 1 rings (SSSR count). The van der Waals surface area contributed by atoms with Crippen LogP contribution in [0.1, 0.15) is 19.4 Å². The van der Waals surface area contributed by atoms with Crippen LogP contribution in [0.15, 0.2) is 29.2 Å². The van der Waals surface area contributed by atoms with Crippen LogP contribution in [-0.4, -0.2) is 30.8 Å². The molecule has 2 N–H and O–H groups in total. The summed E-state index contributed by atoms with van der Waals surface area (Å²) in [4.78, 5) is 12.9. The van der Waals surface area contributed by atoms with Crippen molar-refractivity contribution in [3.8, 4) is 0 Å². The molecule has 0 unspecified atom stereocenters. The van der Waals surface area contributed by atoms with Crippen molar-refractivity contribution in [2.24, 2.45) is 0 Å². The topological polar surface area (TPSA) is 41.1 Å². The Bertz CT molecular complexity index is 382. The molecule has 1 aromatic rings. The minimum absolute atomic E-state index is 0.0907. The van der Waals surface area contributed by atoms with Crippen LogP contribution in [0.3, 0.4) is 0 Å². The van der Waals surface area contributed by atoms with E-state index in [0.29, 0.717) is 18.3 Å². The molecule has 0 spiro atoms. The highest BCUT2D eigenvalue weighted by atomic mass is 32.2. The van der Waals surface area contributed by atoms with Crippen LogP contribution in [0.25, 0.3) is 0 Å². The summed E-state index contributed by atoms with van der Waals surface area (Å²) in [5, 5.41) is 6.20. The van der Waals surface area contributed by atoms with Gasteiger partial charge in [-0.1, -0.05) is 25.1 Å². The van der Waals surface area contributed by atoms with Crippen molar-refractivity contribution < 1.29 is 4.79 Å². The molecule has 0 saturated heterocycles. The Labute approximate surface area is 114 Å². The van der Waals surface area contributed by atoms with Gasteiger partial charge in [0.25, 0.3) is 0 Å². The lowest BCUT2D eigenvalue weighted by molar-refractivity contribution is -0.118. The molecule has 1 atom stereocenters.